The van der Waals surface area contributed by atoms with Crippen molar-refractivity contribution in [3.05, 3.63) is 28.2 Å². The summed E-state index contributed by atoms with van der Waals surface area (Å²) in [6.07, 6.45) is 2.88. The van der Waals surface area contributed by atoms with Crippen LogP contribution in [-0.2, 0) is 11.2 Å². The average Bonchev–Trinajstić information content (AvgIpc) is 3.11. The van der Waals surface area contributed by atoms with Gasteiger partial charge in [-0.3, -0.25) is 4.79 Å². The summed E-state index contributed by atoms with van der Waals surface area (Å²) in [5, 5.41) is 2.90. The zero-order valence-electron chi connectivity index (χ0n) is 11.0. The van der Waals surface area contributed by atoms with E-state index < -0.39 is 0 Å². The molecule has 1 aromatic carbocycles. The van der Waals surface area contributed by atoms with Gasteiger partial charge in [0.1, 0.15) is 5.75 Å². The topological polar surface area (TPSA) is 64.3 Å². The minimum atomic E-state index is -0.0648. The summed E-state index contributed by atoms with van der Waals surface area (Å²) >= 11 is 3.45. The van der Waals surface area contributed by atoms with E-state index in [1.165, 1.54) is 0 Å². The summed E-state index contributed by atoms with van der Waals surface area (Å²) in [5.41, 5.74) is 6.84. The van der Waals surface area contributed by atoms with Gasteiger partial charge in [-0.2, -0.15) is 0 Å². The van der Waals surface area contributed by atoms with Crippen molar-refractivity contribution in [3.63, 3.8) is 0 Å². The summed E-state index contributed by atoms with van der Waals surface area (Å²) in [7, 11) is 0. The van der Waals surface area contributed by atoms with E-state index in [4.69, 9.17) is 10.5 Å². The van der Waals surface area contributed by atoms with Crippen LogP contribution in [0, 0.1) is 0 Å². The number of nitrogens with two attached hydrogens (primary N) is 1. The molecule has 0 radical (unpaired) electrons. The predicted molar refractivity (Wildman–Crippen MR) is 78.2 cm³/mol. The zero-order valence-corrected chi connectivity index (χ0v) is 12.6. The fourth-order valence-electron chi connectivity index (χ4n) is 1.86. The van der Waals surface area contributed by atoms with Crippen molar-refractivity contribution in [3.8, 4) is 5.75 Å². The third-order valence-electron chi connectivity index (χ3n) is 2.88. The molecule has 0 aromatic heterocycles. The second-order valence-corrected chi connectivity index (χ2v) is 5.89. The quantitative estimate of drug-likeness (QED) is 0.840. The molecule has 1 aliphatic carbocycles. The number of para-hydroxylation sites is 1. The Balaban J connectivity index is 1.98. The monoisotopic (exact) mass is 326 g/mol. The summed E-state index contributed by atoms with van der Waals surface area (Å²) < 4.78 is 6.50. The number of nitrogens with one attached hydrogen (secondary N) is 1. The molecule has 1 atom stereocenters. The molecule has 1 unspecified atom stereocenters. The van der Waals surface area contributed by atoms with Gasteiger partial charge in [0, 0.05) is 12.1 Å². The van der Waals surface area contributed by atoms with Gasteiger partial charge >= 0.3 is 0 Å². The maximum absolute atomic E-state index is 11.6. The number of halogens is 1. The molecule has 1 amide bonds. The second-order valence-electron chi connectivity index (χ2n) is 5.04. The first kappa shape index (κ1) is 14.3. The minimum Gasteiger partial charge on any atom is -0.482 e. The van der Waals surface area contributed by atoms with E-state index >= 15 is 0 Å². The first-order valence-electron chi connectivity index (χ1n) is 6.51. The molecule has 1 saturated carbocycles. The van der Waals surface area contributed by atoms with Crippen molar-refractivity contribution in [2.24, 2.45) is 5.73 Å². The van der Waals surface area contributed by atoms with Gasteiger partial charge in [-0.05, 0) is 53.7 Å². The molecule has 5 heteroatoms. The van der Waals surface area contributed by atoms with Gasteiger partial charge in [-0.25, -0.2) is 0 Å². The van der Waals surface area contributed by atoms with Gasteiger partial charge in [0.25, 0.3) is 5.91 Å². The number of benzene rings is 1. The SMILES string of the molecule is CC(N)Cc1cccc(Br)c1OCC(=O)NC1CC1. The highest BCUT2D eigenvalue weighted by atomic mass is 79.9. The molecule has 1 fully saturated rings. The lowest BCUT2D eigenvalue weighted by Crippen LogP contribution is -2.30. The lowest BCUT2D eigenvalue weighted by Gasteiger charge is -2.14. The molecular weight excluding hydrogens is 308 g/mol. The number of rotatable bonds is 6. The maximum atomic E-state index is 11.6. The smallest absolute Gasteiger partial charge is 0.258 e. The van der Waals surface area contributed by atoms with E-state index in [1.807, 2.05) is 25.1 Å². The van der Waals surface area contributed by atoms with Crippen molar-refractivity contribution in [1.29, 1.82) is 0 Å². The van der Waals surface area contributed by atoms with Gasteiger partial charge in [0.15, 0.2) is 6.61 Å². The van der Waals surface area contributed by atoms with E-state index in [1.54, 1.807) is 0 Å². The van der Waals surface area contributed by atoms with E-state index in [0.29, 0.717) is 11.8 Å². The van der Waals surface area contributed by atoms with Crippen LogP contribution in [0.15, 0.2) is 22.7 Å². The summed E-state index contributed by atoms with van der Waals surface area (Å²) in [6.45, 7) is 2.00. The van der Waals surface area contributed by atoms with Crippen LogP contribution in [0.2, 0.25) is 0 Å². The first-order chi connectivity index (χ1) is 9.06. The van der Waals surface area contributed by atoms with Crippen molar-refractivity contribution >= 4 is 21.8 Å². The largest absolute Gasteiger partial charge is 0.482 e. The third-order valence-corrected chi connectivity index (χ3v) is 3.50. The molecule has 0 bridgehead atoms. The van der Waals surface area contributed by atoms with Crippen LogP contribution >= 0.6 is 15.9 Å². The van der Waals surface area contributed by atoms with Crippen LogP contribution in [0.25, 0.3) is 0 Å². The highest BCUT2D eigenvalue weighted by Gasteiger charge is 2.23. The van der Waals surface area contributed by atoms with Gasteiger partial charge in [-0.15, -0.1) is 0 Å². The maximum Gasteiger partial charge on any atom is 0.258 e. The Kier molecular flexibility index (Phi) is 4.82. The predicted octanol–water partition coefficient (Wildman–Crippen LogP) is 2.00. The van der Waals surface area contributed by atoms with Crippen LogP contribution in [0.3, 0.4) is 0 Å². The van der Waals surface area contributed by atoms with Crippen LogP contribution in [0.4, 0.5) is 0 Å². The molecule has 0 aliphatic heterocycles. The Morgan fingerprint density at radius 1 is 1.58 bits per heavy atom. The Hall–Kier alpha value is -1.07. The lowest BCUT2D eigenvalue weighted by molar-refractivity contribution is -0.123. The summed E-state index contributed by atoms with van der Waals surface area (Å²) in [5.74, 6) is 0.649. The molecule has 2 rings (SSSR count). The number of carbonyl (C=O) groups excluding carboxylic acids is 1. The molecule has 0 saturated heterocycles. The number of amides is 1. The number of hydrogen-bond acceptors (Lipinski definition) is 3. The van der Waals surface area contributed by atoms with Crippen molar-refractivity contribution in [2.75, 3.05) is 6.61 Å². The second kappa shape index (κ2) is 6.39. The number of hydrogen-bond donors (Lipinski definition) is 2. The fourth-order valence-corrected chi connectivity index (χ4v) is 2.38. The van der Waals surface area contributed by atoms with Crippen molar-refractivity contribution in [1.82, 2.24) is 5.32 Å². The molecule has 0 spiro atoms. The number of carbonyl (C=O) groups is 1. The Morgan fingerprint density at radius 3 is 2.95 bits per heavy atom. The van der Waals surface area contributed by atoms with E-state index in [0.717, 1.165) is 29.3 Å². The van der Waals surface area contributed by atoms with Gasteiger partial charge in [0.2, 0.25) is 0 Å². The summed E-state index contributed by atoms with van der Waals surface area (Å²) in [6, 6.07) is 6.23. The molecule has 4 nitrogen and oxygen atoms in total. The van der Waals surface area contributed by atoms with Crippen molar-refractivity contribution < 1.29 is 9.53 Å². The summed E-state index contributed by atoms with van der Waals surface area (Å²) in [4.78, 5) is 11.6. The molecule has 3 N–H and O–H groups in total. The van der Waals surface area contributed by atoms with E-state index in [9.17, 15) is 4.79 Å². The molecular formula is C14H19BrN2O2. The third kappa shape index (κ3) is 4.51. The molecule has 104 valence electrons. The van der Waals surface area contributed by atoms with Crippen LogP contribution in [-0.4, -0.2) is 24.6 Å². The van der Waals surface area contributed by atoms with Gasteiger partial charge in [0.05, 0.1) is 4.47 Å². The first-order valence-corrected chi connectivity index (χ1v) is 7.30. The van der Waals surface area contributed by atoms with Gasteiger partial charge in [-0.1, -0.05) is 12.1 Å². The number of ether oxygens (including phenoxy) is 1. The normalized spacial score (nSPS) is 15.9. The average molecular weight is 327 g/mol. The van der Waals surface area contributed by atoms with Crippen molar-refractivity contribution in [2.45, 2.75) is 38.3 Å². The van der Waals surface area contributed by atoms with Gasteiger partial charge < -0.3 is 15.8 Å². The standard InChI is InChI=1S/C14H19BrN2O2/c1-9(16)7-10-3-2-4-12(15)14(10)19-8-13(18)17-11-5-6-11/h2-4,9,11H,5-8,16H2,1H3,(H,17,18). The Morgan fingerprint density at radius 2 is 2.32 bits per heavy atom. The highest BCUT2D eigenvalue weighted by Crippen LogP contribution is 2.30. The highest BCUT2D eigenvalue weighted by molar-refractivity contribution is 9.10. The van der Waals surface area contributed by atoms with E-state index in [2.05, 4.69) is 21.2 Å². The lowest BCUT2D eigenvalue weighted by atomic mass is 10.1. The fraction of sp³-hybridized carbons (Fsp3) is 0.500. The van der Waals surface area contributed by atoms with Crippen LogP contribution in [0.1, 0.15) is 25.3 Å². The zero-order chi connectivity index (χ0) is 13.8. The molecule has 1 aromatic rings. The minimum absolute atomic E-state index is 0.0467. The van der Waals surface area contributed by atoms with Crippen LogP contribution in [0.5, 0.6) is 5.75 Å². The molecule has 19 heavy (non-hydrogen) atoms. The van der Waals surface area contributed by atoms with Crippen LogP contribution < -0.4 is 15.8 Å². The van der Waals surface area contributed by atoms with E-state index in [-0.39, 0.29) is 18.6 Å². The Labute approximate surface area is 121 Å². The molecule has 1 aliphatic rings. The molecule has 0 heterocycles. The Bertz CT molecular complexity index is 459.